The first-order chi connectivity index (χ1) is 8.74. The lowest BCUT2D eigenvalue weighted by molar-refractivity contribution is -0.133. The van der Waals surface area contributed by atoms with Gasteiger partial charge in [-0.15, -0.1) is 10.2 Å². The van der Waals surface area contributed by atoms with E-state index in [4.69, 9.17) is 5.11 Å². The zero-order chi connectivity index (χ0) is 12.5. The van der Waals surface area contributed by atoms with Crippen molar-refractivity contribution in [2.75, 3.05) is 5.75 Å². The van der Waals surface area contributed by atoms with Gasteiger partial charge in [0.2, 0.25) is 5.16 Å². The average molecular weight is 260 g/mol. The molecule has 3 rings (SSSR count). The van der Waals surface area contributed by atoms with Gasteiger partial charge in [-0.05, 0) is 6.07 Å². The van der Waals surface area contributed by atoms with Gasteiger partial charge >= 0.3 is 5.97 Å². The van der Waals surface area contributed by atoms with Gasteiger partial charge in [0, 0.05) is 10.9 Å². The molecule has 7 heteroatoms. The highest BCUT2D eigenvalue weighted by Crippen LogP contribution is 2.23. The van der Waals surface area contributed by atoms with Crippen molar-refractivity contribution in [3.63, 3.8) is 0 Å². The van der Waals surface area contributed by atoms with Crippen LogP contribution in [0.4, 0.5) is 0 Å². The summed E-state index contributed by atoms with van der Waals surface area (Å²) in [5.41, 5.74) is 2.26. The van der Waals surface area contributed by atoms with Crippen LogP contribution in [0.1, 0.15) is 0 Å². The van der Waals surface area contributed by atoms with Crippen LogP contribution in [0.15, 0.2) is 29.4 Å². The predicted molar refractivity (Wildman–Crippen MR) is 67.5 cm³/mol. The summed E-state index contributed by atoms with van der Waals surface area (Å²) in [5, 5.41) is 17.8. The number of carbonyl (C=O) groups is 1. The van der Waals surface area contributed by atoms with E-state index in [-0.39, 0.29) is 5.75 Å². The molecule has 0 unspecified atom stereocenters. The van der Waals surface area contributed by atoms with Crippen LogP contribution in [0.2, 0.25) is 0 Å². The number of benzene rings is 1. The summed E-state index contributed by atoms with van der Waals surface area (Å²) < 4.78 is 0. The monoisotopic (exact) mass is 260 g/mol. The van der Waals surface area contributed by atoms with E-state index in [1.807, 2.05) is 24.3 Å². The van der Waals surface area contributed by atoms with Crippen molar-refractivity contribution in [3.05, 3.63) is 24.3 Å². The lowest BCUT2D eigenvalue weighted by Gasteiger charge is -1.95. The molecule has 0 aliphatic heterocycles. The SMILES string of the molecule is O=C(O)CSc1nnc2[nH]c3ccccc3c2n1. The number of nitrogens with zero attached hydrogens (tertiary/aromatic N) is 3. The number of aromatic nitrogens is 4. The molecule has 2 N–H and O–H groups in total. The Morgan fingerprint density at radius 2 is 2.17 bits per heavy atom. The second-order valence-corrected chi connectivity index (χ2v) is 4.59. The second kappa shape index (κ2) is 4.26. The Balaban J connectivity index is 2.09. The maximum absolute atomic E-state index is 10.5. The number of nitrogens with one attached hydrogen (secondary N) is 1. The first-order valence-corrected chi connectivity index (χ1v) is 6.18. The quantitative estimate of drug-likeness (QED) is 0.696. The zero-order valence-electron chi connectivity index (χ0n) is 9.12. The number of thioether (sulfide) groups is 1. The Labute approximate surface area is 105 Å². The van der Waals surface area contributed by atoms with Crippen molar-refractivity contribution in [2.24, 2.45) is 0 Å². The van der Waals surface area contributed by atoms with E-state index >= 15 is 0 Å². The van der Waals surface area contributed by atoms with Gasteiger partial charge in [0.25, 0.3) is 0 Å². The molecule has 0 saturated heterocycles. The van der Waals surface area contributed by atoms with Gasteiger partial charge in [-0.3, -0.25) is 4.79 Å². The minimum atomic E-state index is -0.900. The van der Waals surface area contributed by atoms with Crippen LogP contribution < -0.4 is 0 Å². The lowest BCUT2D eigenvalue weighted by atomic mass is 10.2. The molecular formula is C11H8N4O2S. The third-order valence-electron chi connectivity index (χ3n) is 2.43. The van der Waals surface area contributed by atoms with E-state index in [1.54, 1.807) is 0 Å². The molecule has 0 atom stereocenters. The molecule has 0 amide bonds. The summed E-state index contributed by atoms with van der Waals surface area (Å²) in [5.74, 6) is -0.974. The highest BCUT2D eigenvalue weighted by molar-refractivity contribution is 7.99. The molecule has 0 radical (unpaired) electrons. The first-order valence-electron chi connectivity index (χ1n) is 5.20. The van der Waals surface area contributed by atoms with E-state index in [1.165, 1.54) is 0 Å². The van der Waals surface area contributed by atoms with Crippen molar-refractivity contribution in [2.45, 2.75) is 5.16 Å². The fraction of sp³-hybridized carbons (Fsp3) is 0.0909. The molecule has 1 aromatic carbocycles. The summed E-state index contributed by atoms with van der Waals surface area (Å²) >= 11 is 1.06. The molecule has 18 heavy (non-hydrogen) atoms. The van der Waals surface area contributed by atoms with Crippen molar-refractivity contribution >= 4 is 39.8 Å². The Kier molecular flexibility index (Phi) is 2.60. The van der Waals surface area contributed by atoms with Gasteiger partial charge in [-0.1, -0.05) is 30.0 Å². The maximum Gasteiger partial charge on any atom is 0.313 e. The minimum Gasteiger partial charge on any atom is -0.481 e. The van der Waals surface area contributed by atoms with Gasteiger partial charge in [-0.25, -0.2) is 4.98 Å². The standard InChI is InChI=1S/C11H8N4O2S/c16-8(17)5-18-11-13-9-6-3-1-2-4-7(6)12-10(9)14-15-11/h1-4H,5H2,(H,12,14)(H,16,17). The summed E-state index contributed by atoms with van der Waals surface area (Å²) in [6.45, 7) is 0. The Morgan fingerprint density at radius 1 is 1.33 bits per heavy atom. The molecule has 0 fully saturated rings. The number of rotatable bonds is 3. The van der Waals surface area contributed by atoms with Gasteiger partial charge in [0.05, 0.1) is 5.75 Å². The Bertz CT molecular complexity index is 740. The molecule has 0 saturated carbocycles. The molecule has 0 aliphatic rings. The van der Waals surface area contributed by atoms with Crippen LogP contribution >= 0.6 is 11.8 Å². The highest BCUT2D eigenvalue weighted by atomic mass is 32.2. The van der Waals surface area contributed by atoms with E-state index in [0.717, 1.165) is 22.7 Å². The lowest BCUT2D eigenvalue weighted by Crippen LogP contribution is -2.00. The van der Waals surface area contributed by atoms with E-state index in [2.05, 4.69) is 20.2 Å². The molecule has 0 spiro atoms. The summed E-state index contributed by atoms with van der Waals surface area (Å²) in [4.78, 5) is 17.9. The smallest absolute Gasteiger partial charge is 0.313 e. The van der Waals surface area contributed by atoms with E-state index < -0.39 is 5.97 Å². The van der Waals surface area contributed by atoms with Gasteiger partial charge in [-0.2, -0.15) is 0 Å². The second-order valence-electron chi connectivity index (χ2n) is 3.64. The molecule has 2 aromatic heterocycles. The van der Waals surface area contributed by atoms with E-state index in [9.17, 15) is 4.79 Å². The normalized spacial score (nSPS) is 11.1. The number of hydrogen-bond acceptors (Lipinski definition) is 5. The number of aliphatic carboxylic acids is 1. The number of H-pyrrole nitrogens is 1. The van der Waals surface area contributed by atoms with Gasteiger partial charge < -0.3 is 10.1 Å². The third-order valence-corrected chi connectivity index (χ3v) is 3.25. The van der Waals surface area contributed by atoms with Crippen LogP contribution in [0.3, 0.4) is 0 Å². The van der Waals surface area contributed by atoms with Crippen molar-refractivity contribution in [1.82, 2.24) is 20.2 Å². The highest BCUT2D eigenvalue weighted by Gasteiger charge is 2.09. The molecule has 2 heterocycles. The van der Waals surface area contributed by atoms with Crippen LogP contribution in [0.5, 0.6) is 0 Å². The summed E-state index contributed by atoms with van der Waals surface area (Å²) in [6.07, 6.45) is 0. The molecular weight excluding hydrogens is 252 g/mol. The Hall–Kier alpha value is -2.15. The molecule has 0 aliphatic carbocycles. The number of hydrogen-bond donors (Lipinski definition) is 2. The number of carboxylic acids is 1. The van der Waals surface area contributed by atoms with Crippen LogP contribution in [0, 0.1) is 0 Å². The molecule has 6 nitrogen and oxygen atoms in total. The van der Waals surface area contributed by atoms with Gasteiger partial charge in [0.15, 0.2) is 5.65 Å². The van der Waals surface area contributed by atoms with Crippen molar-refractivity contribution < 1.29 is 9.90 Å². The number of carboxylic acid groups (broad SMARTS) is 1. The maximum atomic E-state index is 10.5. The van der Waals surface area contributed by atoms with Crippen molar-refractivity contribution in [3.8, 4) is 0 Å². The molecule has 3 aromatic rings. The average Bonchev–Trinajstić information content (AvgIpc) is 2.74. The first kappa shape index (κ1) is 11.0. The summed E-state index contributed by atoms with van der Waals surface area (Å²) in [7, 11) is 0. The van der Waals surface area contributed by atoms with Crippen LogP contribution in [-0.4, -0.2) is 37.0 Å². The number of para-hydroxylation sites is 1. The molecule has 0 bridgehead atoms. The number of aromatic amines is 1. The van der Waals surface area contributed by atoms with Crippen LogP contribution in [0.25, 0.3) is 22.1 Å². The fourth-order valence-electron chi connectivity index (χ4n) is 1.70. The van der Waals surface area contributed by atoms with Crippen LogP contribution in [-0.2, 0) is 4.79 Å². The zero-order valence-corrected chi connectivity index (χ0v) is 9.94. The van der Waals surface area contributed by atoms with Gasteiger partial charge in [0.1, 0.15) is 5.52 Å². The predicted octanol–water partition coefficient (Wildman–Crippen LogP) is 1.68. The minimum absolute atomic E-state index is 0.0739. The third kappa shape index (κ3) is 1.88. The largest absolute Gasteiger partial charge is 0.481 e. The van der Waals surface area contributed by atoms with E-state index in [0.29, 0.717) is 16.3 Å². The Morgan fingerprint density at radius 3 is 3.00 bits per heavy atom. The van der Waals surface area contributed by atoms with Crippen molar-refractivity contribution in [1.29, 1.82) is 0 Å². The summed E-state index contributed by atoms with van der Waals surface area (Å²) in [6, 6.07) is 7.71. The number of fused-ring (bicyclic) bond motifs is 3. The molecule has 90 valence electrons. The fourth-order valence-corrected chi connectivity index (χ4v) is 2.20. The topological polar surface area (TPSA) is 91.8 Å².